The first-order valence-corrected chi connectivity index (χ1v) is 20.1. The van der Waals surface area contributed by atoms with E-state index in [4.69, 9.17) is 0 Å². The number of hydrogen-bond acceptors (Lipinski definition) is 1. The molecule has 272 valence electrons. The number of hydrogen-bond donors (Lipinski definition) is 0. The van der Waals surface area contributed by atoms with E-state index in [1.165, 1.54) is 77.2 Å². The standard InChI is InChI=1S/C57H39N/c1-5-17-40(18-6-1)43-29-33-49(34-30-43)58(50-35-31-42-21-13-14-22-44(42)37-50)54-39-46-23-15-16-28-51(46)56-55(54)52-36-32-45(41-19-7-2-8-20-41)38-53(52)57(56,47-24-9-3-10-25-47)48-26-11-4-12-27-48/h1-39H. The monoisotopic (exact) mass is 737 g/mol. The van der Waals surface area contributed by atoms with Gasteiger partial charge < -0.3 is 4.90 Å². The van der Waals surface area contributed by atoms with Crippen molar-refractivity contribution >= 4 is 38.6 Å². The van der Waals surface area contributed by atoms with E-state index in [1.807, 2.05) is 0 Å². The molecular weight excluding hydrogens is 699 g/mol. The van der Waals surface area contributed by atoms with Gasteiger partial charge in [0.1, 0.15) is 0 Å². The van der Waals surface area contributed by atoms with E-state index >= 15 is 0 Å². The van der Waals surface area contributed by atoms with E-state index in [9.17, 15) is 0 Å². The summed E-state index contributed by atoms with van der Waals surface area (Å²) in [5, 5.41) is 4.89. The third kappa shape index (κ3) is 5.39. The molecule has 1 aliphatic carbocycles. The first kappa shape index (κ1) is 33.8. The Bertz CT molecular complexity index is 3040. The Morgan fingerprint density at radius 1 is 0.328 bits per heavy atom. The van der Waals surface area contributed by atoms with Gasteiger partial charge in [-0.3, -0.25) is 0 Å². The van der Waals surface area contributed by atoms with Crippen molar-refractivity contribution in [2.24, 2.45) is 0 Å². The molecule has 0 spiro atoms. The van der Waals surface area contributed by atoms with E-state index in [-0.39, 0.29) is 0 Å². The highest BCUT2D eigenvalue weighted by Crippen LogP contribution is 2.62. The molecule has 0 bridgehead atoms. The van der Waals surface area contributed by atoms with Crippen LogP contribution in [0.3, 0.4) is 0 Å². The van der Waals surface area contributed by atoms with Gasteiger partial charge in [0.2, 0.25) is 0 Å². The molecule has 0 radical (unpaired) electrons. The number of benzene rings is 10. The van der Waals surface area contributed by atoms with E-state index < -0.39 is 5.41 Å². The molecule has 11 rings (SSSR count). The van der Waals surface area contributed by atoms with Gasteiger partial charge in [-0.1, -0.05) is 200 Å². The molecule has 0 amide bonds. The second-order valence-electron chi connectivity index (χ2n) is 15.3. The molecule has 0 atom stereocenters. The SMILES string of the molecule is c1ccc(-c2ccc(N(c3ccc4ccccc4c3)c3cc4ccccc4c4c3-c3ccc(-c5ccccc5)cc3C4(c3ccccc3)c3ccccc3)cc2)cc1. The summed E-state index contributed by atoms with van der Waals surface area (Å²) in [4.78, 5) is 2.49. The summed E-state index contributed by atoms with van der Waals surface area (Å²) in [5.74, 6) is 0. The predicted octanol–water partition coefficient (Wildman–Crippen LogP) is 15.2. The van der Waals surface area contributed by atoms with E-state index in [0.29, 0.717) is 0 Å². The van der Waals surface area contributed by atoms with Crippen LogP contribution in [0, 0.1) is 0 Å². The Kier molecular flexibility index (Phi) is 8.12. The van der Waals surface area contributed by atoms with Crippen molar-refractivity contribution in [2.75, 3.05) is 4.90 Å². The van der Waals surface area contributed by atoms with Gasteiger partial charge in [0.05, 0.1) is 11.1 Å². The van der Waals surface area contributed by atoms with E-state index in [0.717, 1.165) is 17.1 Å². The van der Waals surface area contributed by atoms with Gasteiger partial charge >= 0.3 is 0 Å². The highest BCUT2D eigenvalue weighted by atomic mass is 15.1. The number of nitrogens with zero attached hydrogens (tertiary/aromatic N) is 1. The zero-order chi connectivity index (χ0) is 38.5. The summed E-state index contributed by atoms with van der Waals surface area (Å²) in [7, 11) is 0. The lowest BCUT2D eigenvalue weighted by Crippen LogP contribution is -2.29. The van der Waals surface area contributed by atoms with Crippen LogP contribution in [0.2, 0.25) is 0 Å². The molecule has 10 aromatic rings. The highest BCUT2D eigenvalue weighted by molar-refractivity contribution is 6.08. The topological polar surface area (TPSA) is 3.24 Å². The minimum Gasteiger partial charge on any atom is -0.310 e. The van der Waals surface area contributed by atoms with Gasteiger partial charge in [-0.15, -0.1) is 0 Å². The smallest absolute Gasteiger partial charge is 0.0720 e. The molecule has 1 heteroatoms. The molecule has 0 aromatic heterocycles. The zero-order valence-electron chi connectivity index (χ0n) is 32.0. The van der Waals surface area contributed by atoms with E-state index in [1.54, 1.807) is 0 Å². The summed E-state index contributed by atoms with van der Waals surface area (Å²) in [6, 6.07) is 87.0. The molecule has 0 N–H and O–H groups in total. The van der Waals surface area contributed by atoms with Crippen LogP contribution < -0.4 is 4.90 Å². The molecular formula is C57H39N. The molecule has 10 aromatic carbocycles. The maximum atomic E-state index is 2.49. The molecule has 0 saturated carbocycles. The van der Waals surface area contributed by atoms with Crippen molar-refractivity contribution in [1.82, 2.24) is 0 Å². The normalized spacial score (nSPS) is 12.6. The lowest BCUT2D eigenvalue weighted by atomic mass is 9.66. The zero-order valence-corrected chi connectivity index (χ0v) is 32.0. The van der Waals surface area contributed by atoms with Crippen molar-refractivity contribution in [1.29, 1.82) is 0 Å². The highest BCUT2D eigenvalue weighted by Gasteiger charge is 2.49. The van der Waals surface area contributed by atoms with Gasteiger partial charge in [-0.25, -0.2) is 0 Å². The van der Waals surface area contributed by atoms with Gasteiger partial charge in [0.25, 0.3) is 0 Å². The molecule has 58 heavy (non-hydrogen) atoms. The summed E-state index contributed by atoms with van der Waals surface area (Å²) in [6.45, 7) is 0. The lowest BCUT2D eigenvalue weighted by molar-refractivity contribution is 0.775. The van der Waals surface area contributed by atoms with Crippen LogP contribution in [-0.4, -0.2) is 0 Å². The molecule has 1 nitrogen and oxygen atoms in total. The van der Waals surface area contributed by atoms with Crippen LogP contribution in [0.1, 0.15) is 22.3 Å². The Morgan fingerprint density at radius 3 is 1.48 bits per heavy atom. The number of anilines is 3. The second-order valence-corrected chi connectivity index (χ2v) is 15.3. The molecule has 1 aliphatic rings. The van der Waals surface area contributed by atoms with Crippen LogP contribution in [0.5, 0.6) is 0 Å². The third-order valence-electron chi connectivity index (χ3n) is 12.1. The van der Waals surface area contributed by atoms with Crippen LogP contribution in [0.15, 0.2) is 237 Å². The summed E-state index contributed by atoms with van der Waals surface area (Å²) in [6.07, 6.45) is 0. The second kappa shape index (κ2) is 13.9. The van der Waals surface area contributed by atoms with Crippen LogP contribution in [-0.2, 0) is 5.41 Å². The van der Waals surface area contributed by atoms with Crippen molar-refractivity contribution in [3.63, 3.8) is 0 Å². The van der Waals surface area contributed by atoms with Crippen LogP contribution in [0.25, 0.3) is 54.9 Å². The average Bonchev–Trinajstić information content (AvgIpc) is 3.62. The fourth-order valence-corrected chi connectivity index (χ4v) is 9.51. The molecule has 0 aliphatic heterocycles. The fraction of sp³-hybridized carbons (Fsp3) is 0.0175. The van der Waals surface area contributed by atoms with Crippen LogP contribution in [0.4, 0.5) is 17.1 Å². The van der Waals surface area contributed by atoms with Gasteiger partial charge in [-0.2, -0.15) is 0 Å². The molecule has 0 saturated heterocycles. The number of rotatable bonds is 7. The minimum atomic E-state index is -0.611. The maximum Gasteiger partial charge on any atom is 0.0720 e. The summed E-state index contributed by atoms with van der Waals surface area (Å²) in [5.41, 5.74) is 15.2. The first-order valence-electron chi connectivity index (χ1n) is 20.1. The van der Waals surface area contributed by atoms with Crippen molar-refractivity contribution < 1.29 is 0 Å². The molecule has 0 unspecified atom stereocenters. The predicted molar refractivity (Wildman–Crippen MR) is 244 cm³/mol. The van der Waals surface area contributed by atoms with Crippen molar-refractivity contribution in [3.05, 3.63) is 259 Å². The van der Waals surface area contributed by atoms with Gasteiger partial charge in [0.15, 0.2) is 0 Å². The lowest BCUT2D eigenvalue weighted by Gasteiger charge is -2.36. The third-order valence-corrected chi connectivity index (χ3v) is 12.1. The van der Waals surface area contributed by atoms with Gasteiger partial charge in [-0.05, 0) is 108 Å². The molecule has 0 heterocycles. The number of fused-ring (bicyclic) bond motifs is 6. The maximum absolute atomic E-state index is 2.49. The Balaban J connectivity index is 1.28. The largest absolute Gasteiger partial charge is 0.310 e. The minimum absolute atomic E-state index is 0.611. The summed E-state index contributed by atoms with van der Waals surface area (Å²) >= 11 is 0. The Hall–Kier alpha value is -7.48. The Labute approximate surface area is 339 Å². The van der Waals surface area contributed by atoms with Gasteiger partial charge in [0, 0.05) is 16.9 Å². The first-order chi connectivity index (χ1) is 28.8. The van der Waals surface area contributed by atoms with Crippen LogP contribution >= 0.6 is 0 Å². The van der Waals surface area contributed by atoms with Crippen molar-refractivity contribution in [3.8, 4) is 33.4 Å². The average molecular weight is 738 g/mol. The van der Waals surface area contributed by atoms with E-state index in [2.05, 4.69) is 241 Å². The Morgan fingerprint density at radius 2 is 0.828 bits per heavy atom. The van der Waals surface area contributed by atoms with Crippen molar-refractivity contribution in [2.45, 2.75) is 5.41 Å². The summed E-state index contributed by atoms with van der Waals surface area (Å²) < 4.78 is 0. The quantitative estimate of drug-likeness (QED) is 0.157. The molecule has 0 fully saturated rings. The fourth-order valence-electron chi connectivity index (χ4n) is 9.51.